The first-order valence-corrected chi connectivity index (χ1v) is 14.2. The number of fused-ring (bicyclic) bond motifs is 1. The Labute approximate surface area is 224 Å². The number of nitrogens with zero attached hydrogens (tertiary/aromatic N) is 3. The lowest BCUT2D eigenvalue weighted by Crippen LogP contribution is -2.29. The summed E-state index contributed by atoms with van der Waals surface area (Å²) in [6, 6.07) is 16.9. The molecule has 2 aromatic carbocycles. The summed E-state index contributed by atoms with van der Waals surface area (Å²) in [4.78, 5) is 11.8. The highest BCUT2D eigenvalue weighted by Gasteiger charge is 2.21. The lowest BCUT2D eigenvalue weighted by molar-refractivity contribution is 0.247. The first-order valence-electron chi connectivity index (χ1n) is 14.2. The summed E-state index contributed by atoms with van der Waals surface area (Å²) in [5.74, 6) is 4.62. The van der Waals surface area contributed by atoms with Gasteiger partial charge in [0.2, 0.25) is 0 Å². The van der Waals surface area contributed by atoms with Gasteiger partial charge in [-0.15, -0.1) is 0 Å². The van der Waals surface area contributed by atoms with Crippen molar-refractivity contribution in [1.29, 1.82) is 0 Å². The molecule has 1 aliphatic rings. The van der Waals surface area contributed by atoms with E-state index in [0.29, 0.717) is 0 Å². The Balaban J connectivity index is 1.11. The standard InChI is InChI=1S/C32H46N4O/c1-32(2,3)26-17-19-27(20-18-26)37-22-21-33-23-25-15-13-24(14-16-25)9-8-12-30-34-29-11-7-6-10-28(29)31(35-30)36(4)5/h6-7,10-11,17-20,24-25,33H,8-9,12-16,21-23H2,1-5H3. The Hall–Kier alpha value is -2.66. The number of nitrogens with one attached hydrogen (secondary N) is 1. The summed E-state index contributed by atoms with van der Waals surface area (Å²) in [6.07, 6.45) is 8.80. The molecule has 1 aromatic heterocycles. The lowest BCUT2D eigenvalue weighted by Gasteiger charge is -2.28. The summed E-state index contributed by atoms with van der Waals surface area (Å²) in [7, 11) is 4.12. The van der Waals surface area contributed by atoms with Crippen molar-refractivity contribution in [2.24, 2.45) is 11.8 Å². The molecule has 0 atom stereocenters. The molecule has 3 aromatic rings. The SMILES string of the molecule is CN(C)c1nc(CCCC2CCC(CNCCOc3ccc(C(C)(C)C)cc3)CC2)nc2ccccc12. The zero-order valence-electron chi connectivity index (χ0n) is 23.6. The van der Waals surface area contributed by atoms with Crippen molar-refractivity contribution in [2.75, 3.05) is 38.7 Å². The second kappa shape index (κ2) is 12.7. The normalized spacial score (nSPS) is 18.2. The Morgan fingerprint density at radius 1 is 0.919 bits per heavy atom. The summed E-state index contributed by atoms with van der Waals surface area (Å²) in [6.45, 7) is 9.45. The van der Waals surface area contributed by atoms with Crippen LogP contribution in [0.15, 0.2) is 48.5 Å². The number of hydrogen-bond acceptors (Lipinski definition) is 5. The van der Waals surface area contributed by atoms with Crippen molar-refractivity contribution >= 4 is 16.7 Å². The quantitative estimate of drug-likeness (QED) is 0.293. The van der Waals surface area contributed by atoms with E-state index in [2.05, 4.69) is 93.6 Å². The van der Waals surface area contributed by atoms with E-state index >= 15 is 0 Å². The van der Waals surface area contributed by atoms with Crippen LogP contribution in [-0.4, -0.2) is 43.8 Å². The van der Waals surface area contributed by atoms with Crippen LogP contribution in [0.3, 0.4) is 0 Å². The maximum atomic E-state index is 5.93. The first-order chi connectivity index (χ1) is 17.8. The van der Waals surface area contributed by atoms with Gasteiger partial charge in [-0.05, 0) is 72.9 Å². The van der Waals surface area contributed by atoms with Crippen LogP contribution in [0.5, 0.6) is 5.75 Å². The highest BCUT2D eigenvalue weighted by Crippen LogP contribution is 2.32. The molecule has 0 saturated heterocycles. The third kappa shape index (κ3) is 7.91. The number of para-hydroxylation sites is 1. The van der Waals surface area contributed by atoms with Crippen molar-refractivity contribution < 1.29 is 4.74 Å². The van der Waals surface area contributed by atoms with Crippen LogP contribution in [0.4, 0.5) is 5.82 Å². The molecule has 0 bridgehead atoms. The van der Waals surface area contributed by atoms with Gasteiger partial charge in [-0.2, -0.15) is 0 Å². The Morgan fingerprint density at radius 2 is 1.62 bits per heavy atom. The molecule has 0 aliphatic heterocycles. The number of aromatic nitrogens is 2. The largest absolute Gasteiger partial charge is 0.492 e. The summed E-state index contributed by atoms with van der Waals surface area (Å²) in [5.41, 5.74) is 2.57. The van der Waals surface area contributed by atoms with Crippen LogP contribution in [0.25, 0.3) is 10.9 Å². The van der Waals surface area contributed by atoms with E-state index in [1.54, 1.807) is 0 Å². The zero-order valence-corrected chi connectivity index (χ0v) is 23.6. The number of ether oxygens (including phenoxy) is 1. The second-order valence-electron chi connectivity index (χ2n) is 12.0. The van der Waals surface area contributed by atoms with E-state index < -0.39 is 0 Å². The summed E-state index contributed by atoms with van der Waals surface area (Å²) >= 11 is 0. The van der Waals surface area contributed by atoms with Crippen molar-refractivity contribution in [1.82, 2.24) is 15.3 Å². The van der Waals surface area contributed by atoms with E-state index in [9.17, 15) is 0 Å². The van der Waals surface area contributed by atoms with Gasteiger partial charge < -0.3 is 15.0 Å². The van der Waals surface area contributed by atoms with Crippen LogP contribution in [0, 0.1) is 11.8 Å². The average molecular weight is 503 g/mol. The Bertz CT molecular complexity index is 1110. The van der Waals surface area contributed by atoms with Gasteiger partial charge in [-0.1, -0.05) is 64.3 Å². The van der Waals surface area contributed by atoms with Gasteiger partial charge in [0.1, 0.15) is 24.0 Å². The van der Waals surface area contributed by atoms with Crippen molar-refractivity contribution in [3.8, 4) is 5.75 Å². The van der Waals surface area contributed by atoms with Gasteiger partial charge >= 0.3 is 0 Å². The number of benzene rings is 2. The van der Waals surface area contributed by atoms with Crippen molar-refractivity contribution in [3.63, 3.8) is 0 Å². The highest BCUT2D eigenvalue weighted by molar-refractivity contribution is 5.89. The average Bonchev–Trinajstić information content (AvgIpc) is 2.88. The van der Waals surface area contributed by atoms with E-state index in [4.69, 9.17) is 14.7 Å². The van der Waals surface area contributed by atoms with Gasteiger partial charge in [0, 0.05) is 32.4 Å². The molecule has 200 valence electrons. The number of anilines is 1. The second-order valence-corrected chi connectivity index (χ2v) is 12.0. The predicted molar refractivity (Wildman–Crippen MR) is 156 cm³/mol. The fraction of sp³-hybridized carbons (Fsp3) is 0.562. The lowest BCUT2D eigenvalue weighted by atomic mass is 9.80. The van der Waals surface area contributed by atoms with E-state index in [0.717, 1.165) is 66.2 Å². The Morgan fingerprint density at radius 3 is 2.32 bits per heavy atom. The fourth-order valence-electron chi connectivity index (χ4n) is 5.43. The summed E-state index contributed by atoms with van der Waals surface area (Å²) in [5, 5.41) is 4.75. The van der Waals surface area contributed by atoms with Crippen LogP contribution >= 0.6 is 0 Å². The minimum Gasteiger partial charge on any atom is -0.492 e. The smallest absolute Gasteiger partial charge is 0.139 e. The molecule has 1 saturated carbocycles. The third-order valence-electron chi connectivity index (χ3n) is 7.73. The predicted octanol–water partition coefficient (Wildman–Crippen LogP) is 6.79. The van der Waals surface area contributed by atoms with Crippen molar-refractivity contribution in [2.45, 2.75) is 71.1 Å². The molecule has 37 heavy (non-hydrogen) atoms. The molecular formula is C32H46N4O. The fourth-order valence-corrected chi connectivity index (χ4v) is 5.43. The van der Waals surface area contributed by atoms with Crippen LogP contribution in [0.1, 0.15) is 70.7 Å². The molecule has 0 spiro atoms. The van der Waals surface area contributed by atoms with E-state index in [1.165, 1.54) is 44.1 Å². The molecular weight excluding hydrogens is 456 g/mol. The van der Waals surface area contributed by atoms with Gasteiger partial charge in [-0.3, -0.25) is 0 Å². The molecule has 1 N–H and O–H groups in total. The molecule has 0 amide bonds. The molecule has 5 heteroatoms. The third-order valence-corrected chi connectivity index (χ3v) is 7.73. The number of aryl methyl sites for hydroxylation is 1. The van der Waals surface area contributed by atoms with Gasteiger partial charge in [0.05, 0.1) is 5.52 Å². The first kappa shape index (κ1) is 27.4. The summed E-state index contributed by atoms with van der Waals surface area (Å²) < 4.78 is 5.93. The molecule has 0 unspecified atom stereocenters. The minimum absolute atomic E-state index is 0.181. The van der Waals surface area contributed by atoms with Crippen molar-refractivity contribution in [3.05, 3.63) is 59.9 Å². The highest BCUT2D eigenvalue weighted by atomic mass is 16.5. The van der Waals surface area contributed by atoms with Crippen LogP contribution < -0.4 is 15.0 Å². The van der Waals surface area contributed by atoms with Gasteiger partial charge in [-0.25, -0.2) is 9.97 Å². The molecule has 0 radical (unpaired) electrons. The Kier molecular flexibility index (Phi) is 9.42. The minimum atomic E-state index is 0.181. The van der Waals surface area contributed by atoms with Gasteiger partial charge in [0.15, 0.2) is 0 Å². The number of hydrogen-bond donors (Lipinski definition) is 1. The molecule has 1 fully saturated rings. The van der Waals surface area contributed by atoms with E-state index in [1.807, 2.05) is 0 Å². The molecule has 1 aliphatic carbocycles. The number of rotatable bonds is 11. The maximum Gasteiger partial charge on any atom is 0.139 e. The van der Waals surface area contributed by atoms with Gasteiger partial charge in [0.25, 0.3) is 0 Å². The zero-order chi connectivity index (χ0) is 26.3. The van der Waals surface area contributed by atoms with Crippen LogP contribution in [-0.2, 0) is 11.8 Å². The molecule has 1 heterocycles. The maximum absolute atomic E-state index is 5.93. The molecule has 5 nitrogen and oxygen atoms in total. The molecule has 4 rings (SSSR count). The monoisotopic (exact) mass is 502 g/mol. The van der Waals surface area contributed by atoms with Crippen LogP contribution in [0.2, 0.25) is 0 Å². The topological polar surface area (TPSA) is 50.3 Å². The van der Waals surface area contributed by atoms with E-state index in [-0.39, 0.29) is 5.41 Å².